The van der Waals surface area contributed by atoms with Crippen LogP contribution in [0.4, 0.5) is 0 Å². The fourth-order valence-electron chi connectivity index (χ4n) is 3.08. The third-order valence-electron chi connectivity index (χ3n) is 4.17. The first-order chi connectivity index (χ1) is 7.38. The van der Waals surface area contributed by atoms with Crippen molar-refractivity contribution in [2.24, 2.45) is 11.8 Å². The van der Waals surface area contributed by atoms with E-state index >= 15 is 0 Å². The number of hydrogen-bond acceptors (Lipinski definition) is 1. The summed E-state index contributed by atoms with van der Waals surface area (Å²) in [6.07, 6.45) is 14.4. The van der Waals surface area contributed by atoms with Crippen molar-refractivity contribution in [1.82, 2.24) is 5.32 Å². The molecule has 15 heavy (non-hydrogen) atoms. The molecule has 0 bridgehead atoms. The standard InChI is InChI=1S/C14H25N/c1-2-12-6-5-7-13(10-12)11-15-14-8-3-4-9-14/h3-4,12-15H,2,5-11H2,1H3. The van der Waals surface area contributed by atoms with E-state index in [9.17, 15) is 0 Å². The zero-order valence-corrected chi connectivity index (χ0v) is 10.0. The van der Waals surface area contributed by atoms with E-state index in [1.165, 1.54) is 51.5 Å². The lowest BCUT2D eigenvalue weighted by molar-refractivity contribution is 0.248. The second-order valence-corrected chi connectivity index (χ2v) is 5.35. The SMILES string of the molecule is CCC1CCCC(CNC2CC=CC2)C1. The molecule has 1 nitrogen and oxygen atoms in total. The minimum absolute atomic E-state index is 0.756. The molecule has 0 spiro atoms. The molecule has 0 aromatic carbocycles. The Hall–Kier alpha value is -0.300. The fraction of sp³-hybridized carbons (Fsp3) is 0.857. The van der Waals surface area contributed by atoms with E-state index in [-0.39, 0.29) is 0 Å². The van der Waals surface area contributed by atoms with Gasteiger partial charge in [-0.1, -0.05) is 38.3 Å². The van der Waals surface area contributed by atoms with Crippen LogP contribution in [0.3, 0.4) is 0 Å². The van der Waals surface area contributed by atoms with Gasteiger partial charge in [0.1, 0.15) is 0 Å². The highest BCUT2D eigenvalue weighted by Crippen LogP contribution is 2.30. The molecule has 0 saturated heterocycles. The Bertz CT molecular complexity index is 201. The van der Waals surface area contributed by atoms with Crippen LogP contribution in [-0.2, 0) is 0 Å². The van der Waals surface area contributed by atoms with Crippen LogP contribution in [0.2, 0.25) is 0 Å². The summed E-state index contributed by atoms with van der Waals surface area (Å²) in [7, 11) is 0. The Morgan fingerprint density at radius 2 is 1.87 bits per heavy atom. The van der Waals surface area contributed by atoms with Crippen molar-refractivity contribution in [2.45, 2.75) is 57.9 Å². The first kappa shape index (κ1) is 11.2. The van der Waals surface area contributed by atoms with Gasteiger partial charge in [-0.2, -0.15) is 0 Å². The van der Waals surface area contributed by atoms with Crippen molar-refractivity contribution in [2.75, 3.05) is 6.54 Å². The predicted molar refractivity (Wildman–Crippen MR) is 65.9 cm³/mol. The van der Waals surface area contributed by atoms with Gasteiger partial charge in [0, 0.05) is 6.04 Å². The Kier molecular flexibility index (Phi) is 4.25. The molecule has 0 aliphatic heterocycles. The van der Waals surface area contributed by atoms with E-state index in [4.69, 9.17) is 0 Å². The molecule has 1 heteroatoms. The second kappa shape index (κ2) is 5.69. The highest BCUT2D eigenvalue weighted by atomic mass is 14.9. The van der Waals surface area contributed by atoms with E-state index in [1.807, 2.05) is 0 Å². The van der Waals surface area contributed by atoms with Crippen molar-refractivity contribution in [3.63, 3.8) is 0 Å². The Labute approximate surface area is 94.3 Å². The van der Waals surface area contributed by atoms with Gasteiger partial charge in [0.25, 0.3) is 0 Å². The van der Waals surface area contributed by atoms with Crippen LogP contribution in [0.25, 0.3) is 0 Å². The molecule has 0 aromatic rings. The third kappa shape index (κ3) is 3.34. The summed E-state index contributed by atoms with van der Waals surface area (Å²) < 4.78 is 0. The molecule has 0 radical (unpaired) electrons. The molecule has 0 aromatic heterocycles. The van der Waals surface area contributed by atoms with E-state index in [2.05, 4.69) is 24.4 Å². The van der Waals surface area contributed by atoms with Crippen molar-refractivity contribution in [1.29, 1.82) is 0 Å². The average Bonchev–Trinajstić information content (AvgIpc) is 2.79. The predicted octanol–water partition coefficient (Wildman–Crippen LogP) is 3.51. The van der Waals surface area contributed by atoms with Gasteiger partial charge in [0.2, 0.25) is 0 Å². The van der Waals surface area contributed by atoms with Gasteiger partial charge in [-0.05, 0) is 44.1 Å². The highest BCUT2D eigenvalue weighted by Gasteiger charge is 2.21. The smallest absolute Gasteiger partial charge is 0.0136 e. The van der Waals surface area contributed by atoms with Crippen molar-refractivity contribution in [3.05, 3.63) is 12.2 Å². The third-order valence-corrected chi connectivity index (χ3v) is 4.17. The van der Waals surface area contributed by atoms with Gasteiger partial charge >= 0.3 is 0 Å². The molecule has 1 fully saturated rings. The molecule has 2 aliphatic rings. The van der Waals surface area contributed by atoms with Crippen LogP contribution in [0.5, 0.6) is 0 Å². The Morgan fingerprint density at radius 1 is 1.13 bits per heavy atom. The van der Waals surface area contributed by atoms with Gasteiger partial charge in [0.15, 0.2) is 0 Å². The van der Waals surface area contributed by atoms with Gasteiger partial charge in [0.05, 0.1) is 0 Å². The largest absolute Gasteiger partial charge is 0.313 e. The molecule has 1 saturated carbocycles. The normalized spacial score (nSPS) is 32.3. The summed E-state index contributed by atoms with van der Waals surface area (Å²) in [5.74, 6) is 1.98. The fourth-order valence-corrected chi connectivity index (χ4v) is 3.08. The van der Waals surface area contributed by atoms with Crippen LogP contribution < -0.4 is 5.32 Å². The highest BCUT2D eigenvalue weighted by molar-refractivity contribution is 4.97. The molecule has 0 amide bonds. The first-order valence-electron chi connectivity index (χ1n) is 6.77. The Balaban J connectivity index is 1.65. The monoisotopic (exact) mass is 207 g/mol. The van der Waals surface area contributed by atoms with Gasteiger partial charge in [-0.25, -0.2) is 0 Å². The van der Waals surface area contributed by atoms with Crippen molar-refractivity contribution < 1.29 is 0 Å². The lowest BCUT2D eigenvalue weighted by atomic mass is 9.80. The van der Waals surface area contributed by atoms with Crippen molar-refractivity contribution in [3.8, 4) is 0 Å². The zero-order chi connectivity index (χ0) is 10.5. The summed E-state index contributed by atoms with van der Waals surface area (Å²) in [6, 6.07) is 0.756. The van der Waals surface area contributed by atoms with Gasteiger partial charge < -0.3 is 5.32 Å². The summed E-state index contributed by atoms with van der Waals surface area (Å²) in [5, 5.41) is 3.73. The van der Waals surface area contributed by atoms with Crippen LogP contribution in [0.15, 0.2) is 12.2 Å². The van der Waals surface area contributed by atoms with Crippen LogP contribution >= 0.6 is 0 Å². The Morgan fingerprint density at radius 3 is 2.60 bits per heavy atom. The molecule has 2 atom stereocenters. The lowest BCUT2D eigenvalue weighted by Crippen LogP contribution is -2.33. The zero-order valence-electron chi connectivity index (χ0n) is 10.0. The molecular weight excluding hydrogens is 182 g/mol. The summed E-state index contributed by atoms with van der Waals surface area (Å²) >= 11 is 0. The molecule has 2 rings (SSSR count). The molecule has 0 heterocycles. The van der Waals surface area contributed by atoms with Gasteiger partial charge in [-0.3, -0.25) is 0 Å². The average molecular weight is 207 g/mol. The van der Waals surface area contributed by atoms with Crippen LogP contribution in [0.1, 0.15) is 51.9 Å². The van der Waals surface area contributed by atoms with E-state index in [1.54, 1.807) is 0 Å². The first-order valence-corrected chi connectivity index (χ1v) is 6.77. The molecule has 2 unspecified atom stereocenters. The lowest BCUT2D eigenvalue weighted by Gasteiger charge is -2.29. The van der Waals surface area contributed by atoms with Crippen molar-refractivity contribution >= 4 is 0 Å². The summed E-state index contributed by atoms with van der Waals surface area (Å²) in [6.45, 7) is 3.62. The molecule has 86 valence electrons. The quantitative estimate of drug-likeness (QED) is 0.696. The maximum atomic E-state index is 3.73. The summed E-state index contributed by atoms with van der Waals surface area (Å²) in [5.41, 5.74) is 0. The van der Waals surface area contributed by atoms with Gasteiger partial charge in [-0.15, -0.1) is 0 Å². The topological polar surface area (TPSA) is 12.0 Å². The maximum Gasteiger partial charge on any atom is 0.0136 e. The minimum atomic E-state index is 0.756. The maximum absolute atomic E-state index is 3.73. The number of hydrogen-bond donors (Lipinski definition) is 1. The van der Waals surface area contributed by atoms with E-state index in [0.29, 0.717) is 0 Å². The molecule has 2 aliphatic carbocycles. The van der Waals surface area contributed by atoms with Crippen LogP contribution in [0, 0.1) is 11.8 Å². The number of rotatable bonds is 4. The number of nitrogens with one attached hydrogen (secondary N) is 1. The van der Waals surface area contributed by atoms with E-state index in [0.717, 1.165) is 17.9 Å². The summed E-state index contributed by atoms with van der Waals surface area (Å²) in [4.78, 5) is 0. The minimum Gasteiger partial charge on any atom is -0.313 e. The molecule has 1 N–H and O–H groups in total. The second-order valence-electron chi connectivity index (χ2n) is 5.35. The van der Waals surface area contributed by atoms with E-state index < -0.39 is 0 Å². The molecular formula is C14H25N. The van der Waals surface area contributed by atoms with Crippen LogP contribution in [-0.4, -0.2) is 12.6 Å².